The molecule has 1 unspecified atom stereocenters. The van der Waals surface area contributed by atoms with Gasteiger partial charge in [-0.15, -0.1) is 0 Å². The largest absolute Gasteiger partial charge is 0.497 e. The Labute approximate surface area is 181 Å². The van der Waals surface area contributed by atoms with Crippen molar-refractivity contribution in [3.05, 3.63) is 54.4 Å². The Morgan fingerprint density at radius 2 is 1.97 bits per heavy atom. The van der Waals surface area contributed by atoms with Gasteiger partial charge in [0.25, 0.3) is 0 Å². The van der Waals surface area contributed by atoms with Gasteiger partial charge in [0.1, 0.15) is 17.0 Å². The van der Waals surface area contributed by atoms with Crippen molar-refractivity contribution >= 4 is 16.9 Å². The Balaban J connectivity index is 1.65. The lowest BCUT2D eigenvalue weighted by Crippen LogP contribution is -2.22. The normalized spacial score (nSPS) is 16.2. The summed E-state index contributed by atoms with van der Waals surface area (Å²) >= 11 is 0. The fourth-order valence-electron chi connectivity index (χ4n) is 4.13. The van der Waals surface area contributed by atoms with Crippen LogP contribution in [0.5, 0.6) is 5.75 Å². The number of methoxy groups -OCH3 is 2. The molecule has 1 saturated heterocycles. The van der Waals surface area contributed by atoms with Gasteiger partial charge in [-0.25, -0.2) is 15.0 Å². The maximum Gasteiger partial charge on any atom is 0.181 e. The molecule has 0 saturated carbocycles. The van der Waals surface area contributed by atoms with Gasteiger partial charge in [0.15, 0.2) is 11.5 Å². The van der Waals surface area contributed by atoms with Crippen LogP contribution in [0.15, 0.2) is 48.8 Å². The number of hydrogen-bond donors (Lipinski definition) is 1. The summed E-state index contributed by atoms with van der Waals surface area (Å²) in [6.07, 6.45) is 2.92. The standard InChI is InChI=1S/C24H25N5O2/c1-15-5-4-6-16(9-15)23-27-21(22-24(28-23)26-14-25-22)17-10-18(12-20(11-17)31-3)29-8-7-19(13-29)30-2/h4-6,9-12,14,19H,7-8,13H2,1-3H3,(H,25,26,27,28). The number of imidazole rings is 1. The first-order valence-electron chi connectivity index (χ1n) is 10.4. The van der Waals surface area contributed by atoms with Crippen LogP contribution in [0.1, 0.15) is 12.0 Å². The molecule has 2 aromatic carbocycles. The summed E-state index contributed by atoms with van der Waals surface area (Å²) in [5, 5.41) is 0. The fourth-order valence-corrected chi connectivity index (χ4v) is 4.13. The van der Waals surface area contributed by atoms with E-state index in [0.717, 1.165) is 58.8 Å². The van der Waals surface area contributed by atoms with E-state index in [2.05, 4.69) is 51.0 Å². The molecule has 2 aromatic heterocycles. The van der Waals surface area contributed by atoms with Gasteiger partial charge in [-0.1, -0.05) is 23.8 Å². The zero-order valence-corrected chi connectivity index (χ0v) is 17.9. The number of benzene rings is 2. The zero-order valence-electron chi connectivity index (χ0n) is 17.9. The monoisotopic (exact) mass is 415 g/mol. The average Bonchev–Trinajstić information content (AvgIpc) is 3.47. The van der Waals surface area contributed by atoms with Gasteiger partial charge < -0.3 is 19.4 Å². The highest BCUT2D eigenvalue weighted by atomic mass is 16.5. The van der Waals surface area contributed by atoms with Gasteiger partial charge in [-0.05, 0) is 31.5 Å². The minimum Gasteiger partial charge on any atom is -0.497 e. The quantitative estimate of drug-likeness (QED) is 0.526. The molecule has 1 fully saturated rings. The molecule has 1 aliphatic rings. The molecule has 158 valence electrons. The van der Waals surface area contributed by atoms with Crippen LogP contribution in [0.25, 0.3) is 33.8 Å². The lowest BCUT2D eigenvalue weighted by molar-refractivity contribution is 0.121. The van der Waals surface area contributed by atoms with Crippen molar-refractivity contribution in [3.63, 3.8) is 0 Å². The van der Waals surface area contributed by atoms with Crippen molar-refractivity contribution in [2.75, 3.05) is 32.2 Å². The van der Waals surface area contributed by atoms with Crippen LogP contribution in [0.3, 0.4) is 0 Å². The number of fused-ring (bicyclic) bond motifs is 1. The molecule has 1 atom stereocenters. The van der Waals surface area contributed by atoms with Crippen LogP contribution in [-0.4, -0.2) is 53.3 Å². The molecule has 0 spiro atoms. The van der Waals surface area contributed by atoms with Gasteiger partial charge in [0, 0.05) is 43.1 Å². The summed E-state index contributed by atoms with van der Waals surface area (Å²) in [4.78, 5) is 19.6. The predicted octanol–water partition coefficient (Wildman–Crippen LogP) is 4.23. The lowest BCUT2D eigenvalue weighted by Gasteiger charge is -2.20. The third kappa shape index (κ3) is 3.72. The molecule has 3 heterocycles. The summed E-state index contributed by atoms with van der Waals surface area (Å²) in [6.45, 7) is 3.87. The van der Waals surface area contributed by atoms with Crippen molar-refractivity contribution in [3.8, 4) is 28.4 Å². The van der Waals surface area contributed by atoms with E-state index in [-0.39, 0.29) is 6.10 Å². The number of aromatic nitrogens is 4. The molecule has 0 radical (unpaired) electrons. The minimum atomic E-state index is 0.251. The summed E-state index contributed by atoms with van der Waals surface area (Å²) in [5.74, 6) is 1.44. The van der Waals surface area contributed by atoms with E-state index in [1.54, 1.807) is 20.5 Å². The highest BCUT2D eigenvalue weighted by Crippen LogP contribution is 2.34. The number of aryl methyl sites for hydroxylation is 1. The number of nitrogens with zero attached hydrogens (tertiary/aromatic N) is 4. The van der Waals surface area contributed by atoms with Crippen molar-refractivity contribution in [2.45, 2.75) is 19.4 Å². The van der Waals surface area contributed by atoms with Crippen LogP contribution >= 0.6 is 0 Å². The van der Waals surface area contributed by atoms with E-state index < -0.39 is 0 Å². The van der Waals surface area contributed by atoms with Crippen LogP contribution < -0.4 is 9.64 Å². The molecule has 0 aliphatic carbocycles. The molecule has 4 aromatic rings. The number of H-pyrrole nitrogens is 1. The first-order chi connectivity index (χ1) is 15.1. The molecule has 0 amide bonds. The molecular weight excluding hydrogens is 390 g/mol. The van der Waals surface area contributed by atoms with E-state index in [9.17, 15) is 0 Å². The number of aromatic amines is 1. The van der Waals surface area contributed by atoms with Gasteiger partial charge in [0.2, 0.25) is 0 Å². The molecule has 1 aliphatic heterocycles. The topological polar surface area (TPSA) is 76.2 Å². The number of ether oxygens (including phenoxy) is 2. The Hall–Kier alpha value is -3.45. The van der Waals surface area contributed by atoms with E-state index in [1.165, 1.54) is 0 Å². The summed E-state index contributed by atoms with van der Waals surface area (Å²) in [7, 11) is 3.46. The second-order valence-electron chi connectivity index (χ2n) is 7.88. The SMILES string of the molecule is COc1cc(-c2nc(-c3cccc(C)c3)nc3nc[nH]c23)cc(N2CCC(OC)C2)c1. The van der Waals surface area contributed by atoms with Crippen LogP contribution in [-0.2, 0) is 4.74 Å². The number of nitrogens with one attached hydrogen (secondary N) is 1. The van der Waals surface area contributed by atoms with E-state index >= 15 is 0 Å². The molecule has 7 heteroatoms. The third-order valence-corrected chi connectivity index (χ3v) is 5.81. The van der Waals surface area contributed by atoms with E-state index in [0.29, 0.717) is 11.5 Å². The second-order valence-corrected chi connectivity index (χ2v) is 7.88. The average molecular weight is 415 g/mol. The van der Waals surface area contributed by atoms with Crippen molar-refractivity contribution in [1.82, 2.24) is 19.9 Å². The number of hydrogen-bond acceptors (Lipinski definition) is 6. The lowest BCUT2D eigenvalue weighted by atomic mass is 10.1. The van der Waals surface area contributed by atoms with Crippen LogP contribution in [0.2, 0.25) is 0 Å². The smallest absolute Gasteiger partial charge is 0.181 e. The molecular formula is C24H25N5O2. The van der Waals surface area contributed by atoms with Crippen LogP contribution in [0, 0.1) is 6.92 Å². The maximum atomic E-state index is 5.63. The molecule has 1 N–H and O–H groups in total. The van der Waals surface area contributed by atoms with Crippen LogP contribution in [0.4, 0.5) is 5.69 Å². The Morgan fingerprint density at radius 1 is 1.06 bits per heavy atom. The van der Waals surface area contributed by atoms with Gasteiger partial charge in [-0.2, -0.15) is 0 Å². The van der Waals surface area contributed by atoms with E-state index in [1.807, 2.05) is 18.2 Å². The molecule has 0 bridgehead atoms. The number of anilines is 1. The summed E-state index contributed by atoms with van der Waals surface area (Å²) in [6, 6.07) is 14.4. The van der Waals surface area contributed by atoms with Gasteiger partial charge in [0.05, 0.1) is 19.5 Å². The summed E-state index contributed by atoms with van der Waals surface area (Å²) in [5.41, 5.74) is 6.45. The van der Waals surface area contributed by atoms with Crippen molar-refractivity contribution < 1.29 is 9.47 Å². The van der Waals surface area contributed by atoms with Crippen molar-refractivity contribution in [2.24, 2.45) is 0 Å². The van der Waals surface area contributed by atoms with Crippen molar-refractivity contribution in [1.29, 1.82) is 0 Å². The van der Waals surface area contributed by atoms with E-state index in [4.69, 9.17) is 14.5 Å². The first-order valence-corrected chi connectivity index (χ1v) is 10.4. The predicted molar refractivity (Wildman–Crippen MR) is 121 cm³/mol. The highest BCUT2D eigenvalue weighted by Gasteiger charge is 2.24. The molecule has 31 heavy (non-hydrogen) atoms. The third-order valence-electron chi connectivity index (χ3n) is 5.81. The maximum absolute atomic E-state index is 5.63. The van der Waals surface area contributed by atoms with Gasteiger partial charge in [-0.3, -0.25) is 0 Å². The summed E-state index contributed by atoms with van der Waals surface area (Å²) < 4.78 is 11.2. The zero-order chi connectivity index (χ0) is 21.4. The second kappa shape index (κ2) is 8.00. The highest BCUT2D eigenvalue weighted by molar-refractivity contribution is 5.89. The fraction of sp³-hybridized carbons (Fsp3) is 0.292. The number of rotatable bonds is 5. The Bertz CT molecular complexity index is 1240. The Kier molecular flexibility index (Phi) is 5.03. The molecule has 5 rings (SSSR count). The molecule has 7 nitrogen and oxygen atoms in total. The van der Waals surface area contributed by atoms with Gasteiger partial charge >= 0.3 is 0 Å². The minimum absolute atomic E-state index is 0.251. The first kappa shape index (κ1) is 19.5. The Morgan fingerprint density at radius 3 is 2.74 bits per heavy atom.